The Morgan fingerprint density at radius 1 is 1.06 bits per heavy atom. The van der Waals surface area contributed by atoms with Crippen LogP contribution in [0.15, 0.2) is 59.0 Å². The van der Waals surface area contributed by atoms with E-state index in [0.29, 0.717) is 11.3 Å². The number of furan rings is 1. The van der Waals surface area contributed by atoms with Gasteiger partial charge in [-0.15, -0.1) is 0 Å². The third-order valence-corrected chi connectivity index (χ3v) is 6.44. The number of nitro groups is 1. The van der Waals surface area contributed by atoms with Crippen molar-refractivity contribution >= 4 is 5.69 Å². The molecule has 5 heteroatoms. The number of likely N-dealkylation sites (tertiary alicyclic amines) is 1. The van der Waals surface area contributed by atoms with Crippen LogP contribution in [0.1, 0.15) is 41.7 Å². The van der Waals surface area contributed by atoms with Crippen LogP contribution in [0.25, 0.3) is 11.3 Å². The van der Waals surface area contributed by atoms with Gasteiger partial charge in [-0.3, -0.25) is 15.0 Å². The second kappa shape index (κ2) is 9.48. The van der Waals surface area contributed by atoms with Crippen molar-refractivity contribution in [2.75, 3.05) is 13.1 Å². The normalized spacial score (nSPS) is 15.3. The van der Waals surface area contributed by atoms with E-state index in [-0.39, 0.29) is 10.6 Å². The summed E-state index contributed by atoms with van der Waals surface area (Å²) in [5.74, 6) is 2.20. The topological polar surface area (TPSA) is 59.5 Å². The molecule has 0 unspecified atom stereocenters. The number of hydrogen-bond acceptors (Lipinski definition) is 4. The molecule has 0 N–H and O–H groups in total. The summed E-state index contributed by atoms with van der Waals surface area (Å²) in [6.07, 6.45) is 4.83. The van der Waals surface area contributed by atoms with Crippen LogP contribution < -0.4 is 0 Å². The van der Waals surface area contributed by atoms with Gasteiger partial charge in [0, 0.05) is 6.07 Å². The van der Waals surface area contributed by atoms with E-state index in [1.54, 1.807) is 18.2 Å². The molecule has 1 saturated heterocycles. The zero-order valence-corrected chi connectivity index (χ0v) is 18.3. The maximum atomic E-state index is 11.3. The molecule has 5 nitrogen and oxygen atoms in total. The van der Waals surface area contributed by atoms with Gasteiger partial charge in [-0.1, -0.05) is 35.9 Å². The zero-order valence-electron chi connectivity index (χ0n) is 18.3. The van der Waals surface area contributed by atoms with Crippen LogP contribution in [-0.2, 0) is 13.0 Å². The molecule has 0 radical (unpaired) electrons. The third kappa shape index (κ3) is 5.23. The van der Waals surface area contributed by atoms with Gasteiger partial charge in [0.1, 0.15) is 11.5 Å². The van der Waals surface area contributed by atoms with Crippen molar-refractivity contribution in [1.82, 2.24) is 4.90 Å². The first-order valence-corrected chi connectivity index (χ1v) is 11.1. The van der Waals surface area contributed by atoms with E-state index in [4.69, 9.17) is 4.42 Å². The second-order valence-electron chi connectivity index (χ2n) is 8.73. The van der Waals surface area contributed by atoms with E-state index in [2.05, 4.69) is 36.9 Å². The van der Waals surface area contributed by atoms with E-state index >= 15 is 0 Å². The average molecular weight is 419 g/mol. The van der Waals surface area contributed by atoms with Crippen LogP contribution in [0.2, 0.25) is 0 Å². The lowest BCUT2D eigenvalue weighted by molar-refractivity contribution is -0.384. The summed E-state index contributed by atoms with van der Waals surface area (Å²) in [5, 5.41) is 11.3. The van der Waals surface area contributed by atoms with E-state index < -0.39 is 0 Å². The Bertz CT molecular complexity index is 1050. The fourth-order valence-corrected chi connectivity index (χ4v) is 4.53. The number of rotatable bonds is 7. The van der Waals surface area contributed by atoms with E-state index in [1.165, 1.54) is 42.0 Å². The highest BCUT2D eigenvalue weighted by Gasteiger charge is 2.21. The van der Waals surface area contributed by atoms with Gasteiger partial charge in [0.15, 0.2) is 0 Å². The molecular weight excluding hydrogens is 388 g/mol. The standard InChI is InChI=1S/C26H30N2O3/c1-19-7-8-20(2)22(17-19)10-9-21-13-15-27(16-14-21)18-23-11-12-26(31-23)24-5-3-4-6-25(24)28(29)30/h3-8,11-12,17,21H,9-10,13-16,18H2,1-2H3. The van der Waals surface area contributed by atoms with Crippen molar-refractivity contribution in [3.05, 3.63) is 87.2 Å². The predicted octanol–water partition coefficient (Wildman–Crippen LogP) is 6.32. The highest BCUT2D eigenvalue weighted by atomic mass is 16.6. The maximum Gasteiger partial charge on any atom is 0.280 e. The first-order valence-electron chi connectivity index (χ1n) is 11.1. The molecule has 2 aromatic carbocycles. The van der Waals surface area contributed by atoms with Crippen molar-refractivity contribution in [2.45, 2.75) is 46.1 Å². The van der Waals surface area contributed by atoms with Crippen LogP contribution in [0, 0.1) is 29.9 Å². The zero-order chi connectivity index (χ0) is 21.8. The largest absolute Gasteiger partial charge is 0.459 e. The van der Waals surface area contributed by atoms with Gasteiger partial charge >= 0.3 is 0 Å². The molecule has 0 atom stereocenters. The number of piperidine rings is 1. The van der Waals surface area contributed by atoms with Gasteiger partial charge < -0.3 is 4.42 Å². The Morgan fingerprint density at radius 2 is 1.84 bits per heavy atom. The molecule has 2 heterocycles. The fraction of sp³-hybridized carbons (Fsp3) is 0.385. The second-order valence-corrected chi connectivity index (χ2v) is 8.73. The minimum atomic E-state index is -0.361. The van der Waals surface area contributed by atoms with E-state index in [0.717, 1.165) is 37.7 Å². The molecule has 0 aliphatic carbocycles. The lowest BCUT2D eigenvalue weighted by atomic mass is 9.89. The first-order chi connectivity index (χ1) is 15.0. The van der Waals surface area contributed by atoms with Gasteiger partial charge in [0.25, 0.3) is 5.69 Å². The van der Waals surface area contributed by atoms with E-state index in [9.17, 15) is 10.1 Å². The molecule has 1 aliphatic rings. The molecule has 3 aromatic rings. The quantitative estimate of drug-likeness (QED) is 0.333. The minimum Gasteiger partial charge on any atom is -0.459 e. The Labute approximate surface area is 183 Å². The summed E-state index contributed by atoms with van der Waals surface area (Å²) in [6.45, 7) is 7.26. The Morgan fingerprint density at radius 3 is 2.61 bits per heavy atom. The smallest absolute Gasteiger partial charge is 0.280 e. The SMILES string of the molecule is Cc1ccc(C)c(CCC2CCN(Cc3ccc(-c4ccccc4[N+](=O)[O-])o3)CC2)c1. The lowest BCUT2D eigenvalue weighted by Crippen LogP contribution is -2.33. The first kappa shape index (κ1) is 21.3. The molecule has 0 bridgehead atoms. The van der Waals surface area contributed by atoms with Gasteiger partial charge in [0.2, 0.25) is 0 Å². The van der Waals surface area contributed by atoms with Crippen LogP contribution >= 0.6 is 0 Å². The maximum absolute atomic E-state index is 11.3. The third-order valence-electron chi connectivity index (χ3n) is 6.44. The number of benzene rings is 2. The fourth-order valence-electron chi connectivity index (χ4n) is 4.53. The van der Waals surface area contributed by atoms with Crippen molar-refractivity contribution in [2.24, 2.45) is 5.92 Å². The molecule has 1 aromatic heterocycles. The van der Waals surface area contributed by atoms with Gasteiger partial charge in [-0.2, -0.15) is 0 Å². The summed E-state index contributed by atoms with van der Waals surface area (Å²) in [6, 6.07) is 17.3. The van der Waals surface area contributed by atoms with Crippen LogP contribution in [0.4, 0.5) is 5.69 Å². The molecule has 1 fully saturated rings. The Hall–Kier alpha value is -2.92. The van der Waals surface area contributed by atoms with Gasteiger partial charge in [-0.05, 0) is 87.9 Å². The molecule has 1 aliphatic heterocycles. The number of hydrogen-bond donors (Lipinski definition) is 0. The summed E-state index contributed by atoms with van der Waals surface area (Å²) in [5.41, 5.74) is 4.84. The molecular formula is C26H30N2O3. The highest BCUT2D eigenvalue weighted by molar-refractivity contribution is 5.69. The molecule has 4 rings (SSSR count). The van der Waals surface area contributed by atoms with Crippen LogP contribution in [0.3, 0.4) is 0 Å². The summed E-state index contributed by atoms with van der Waals surface area (Å²) in [7, 11) is 0. The predicted molar refractivity (Wildman–Crippen MR) is 123 cm³/mol. The van der Waals surface area contributed by atoms with Crippen molar-refractivity contribution in [3.8, 4) is 11.3 Å². The Kier molecular flexibility index (Phi) is 6.52. The molecule has 0 saturated carbocycles. The number of nitrogens with zero attached hydrogens (tertiary/aromatic N) is 2. The van der Waals surface area contributed by atoms with Crippen molar-refractivity contribution in [1.29, 1.82) is 0 Å². The summed E-state index contributed by atoms with van der Waals surface area (Å²) >= 11 is 0. The molecule has 0 amide bonds. The highest BCUT2D eigenvalue weighted by Crippen LogP contribution is 2.32. The van der Waals surface area contributed by atoms with Crippen molar-refractivity contribution in [3.63, 3.8) is 0 Å². The summed E-state index contributed by atoms with van der Waals surface area (Å²) in [4.78, 5) is 13.4. The Balaban J connectivity index is 1.30. The van der Waals surface area contributed by atoms with Gasteiger partial charge in [-0.25, -0.2) is 0 Å². The average Bonchev–Trinajstić information content (AvgIpc) is 3.23. The molecule has 31 heavy (non-hydrogen) atoms. The number of para-hydroxylation sites is 1. The molecule has 0 spiro atoms. The summed E-state index contributed by atoms with van der Waals surface area (Å²) < 4.78 is 5.97. The van der Waals surface area contributed by atoms with Crippen molar-refractivity contribution < 1.29 is 9.34 Å². The van der Waals surface area contributed by atoms with Gasteiger partial charge in [0.05, 0.1) is 17.0 Å². The van der Waals surface area contributed by atoms with Crippen LogP contribution in [-0.4, -0.2) is 22.9 Å². The molecule has 162 valence electrons. The number of nitro benzene ring substituents is 1. The lowest BCUT2D eigenvalue weighted by Gasteiger charge is -2.31. The monoisotopic (exact) mass is 418 g/mol. The van der Waals surface area contributed by atoms with Crippen LogP contribution in [0.5, 0.6) is 0 Å². The van der Waals surface area contributed by atoms with E-state index in [1.807, 2.05) is 12.1 Å². The number of aryl methyl sites for hydroxylation is 3. The minimum absolute atomic E-state index is 0.0769.